The van der Waals surface area contributed by atoms with Crippen LogP contribution in [0.2, 0.25) is 0 Å². The number of ether oxygens (including phenoxy) is 1. The van der Waals surface area contributed by atoms with Gasteiger partial charge in [0.25, 0.3) is 0 Å². The van der Waals surface area contributed by atoms with Gasteiger partial charge in [0.15, 0.2) is 0 Å². The van der Waals surface area contributed by atoms with E-state index >= 15 is 0 Å². The summed E-state index contributed by atoms with van der Waals surface area (Å²) < 4.78 is 4.79. The topological polar surface area (TPSA) is 29.5 Å². The van der Waals surface area contributed by atoms with Crippen LogP contribution in [-0.2, 0) is 9.53 Å². The third kappa shape index (κ3) is 2.97. The largest absolute Gasteiger partial charge is 0.464 e. The van der Waals surface area contributed by atoms with E-state index in [0.29, 0.717) is 5.70 Å². The molecule has 0 spiro atoms. The molecule has 0 unspecified atom stereocenters. The van der Waals surface area contributed by atoms with Gasteiger partial charge in [-0.25, -0.2) is 4.79 Å². The van der Waals surface area contributed by atoms with Crippen LogP contribution in [0.5, 0.6) is 0 Å². The number of esters is 1. The maximum Gasteiger partial charge on any atom is 0.354 e. The van der Waals surface area contributed by atoms with Crippen molar-refractivity contribution in [3.8, 4) is 0 Å². The lowest BCUT2D eigenvalue weighted by atomic mass is 10.0. The fraction of sp³-hybridized carbons (Fsp3) is 0.214. The highest BCUT2D eigenvalue weighted by molar-refractivity contribution is 5.99. The fourth-order valence-electron chi connectivity index (χ4n) is 1.60. The standard InChI is InChI=1S/C14H17NO2/c1-5-12(11-9-7-6-8-10-11)13(15(2)3)14(16)17-4/h5-10H,1H2,2-4H3/b13-12-. The summed E-state index contributed by atoms with van der Waals surface area (Å²) >= 11 is 0. The number of rotatable bonds is 4. The molecule has 3 heteroatoms. The summed E-state index contributed by atoms with van der Waals surface area (Å²) in [6, 6.07) is 9.64. The molecule has 3 nitrogen and oxygen atoms in total. The Morgan fingerprint density at radius 2 is 1.88 bits per heavy atom. The normalized spacial score (nSPS) is 11.5. The number of hydrogen-bond donors (Lipinski definition) is 0. The van der Waals surface area contributed by atoms with E-state index in [4.69, 9.17) is 4.74 Å². The van der Waals surface area contributed by atoms with Crippen molar-refractivity contribution >= 4 is 11.5 Å². The number of nitrogens with zero attached hydrogens (tertiary/aromatic N) is 1. The van der Waals surface area contributed by atoms with Gasteiger partial charge in [-0.1, -0.05) is 43.0 Å². The van der Waals surface area contributed by atoms with Crippen LogP contribution in [0.1, 0.15) is 5.56 Å². The Morgan fingerprint density at radius 1 is 1.29 bits per heavy atom. The fourth-order valence-corrected chi connectivity index (χ4v) is 1.60. The molecule has 0 saturated heterocycles. The molecule has 17 heavy (non-hydrogen) atoms. The lowest BCUT2D eigenvalue weighted by molar-refractivity contribution is -0.137. The molecule has 1 aromatic carbocycles. The van der Waals surface area contributed by atoms with Gasteiger partial charge in [0.2, 0.25) is 0 Å². The Kier molecular flexibility index (Phi) is 4.52. The van der Waals surface area contributed by atoms with Gasteiger partial charge < -0.3 is 9.64 Å². The van der Waals surface area contributed by atoms with E-state index in [2.05, 4.69) is 6.58 Å². The molecule has 0 heterocycles. The zero-order valence-corrected chi connectivity index (χ0v) is 10.4. The van der Waals surface area contributed by atoms with Crippen molar-refractivity contribution in [2.24, 2.45) is 0 Å². The molecule has 1 rings (SSSR count). The van der Waals surface area contributed by atoms with Crippen molar-refractivity contribution in [2.75, 3.05) is 21.2 Å². The van der Waals surface area contributed by atoms with E-state index in [1.165, 1.54) is 7.11 Å². The third-order valence-corrected chi connectivity index (χ3v) is 2.37. The smallest absolute Gasteiger partial charge is 0.354 e. The first kappa shape index (κ1) is 13.0. The van der Waals surface area contributed by atoms with Crippen LogP contribution in [0.4, 0.5) is 0 Å². The predicted molar refractivity (Wildman–Crippen MR) is 69.3 cm³/mol. The summed E-state index contributed by atoms with van der Waals surface area (Å²) in [5.41, 5.74) is 2.20. The molecular formula is C14H17NO2. The average molecular weight is 231 g/mol. The number of benzene rings is 1. The van der Waals surface area contributed by atoms with Gasteiger partial charge >= 0.3 is 5.97 Å². The molecule has 0 bridgehead atoms. The molecule has 0 aliphatic heterocycles. The van der Waals surface area contributed by atoms with Gasteiger partial charge in [-0.15, -0.1) is 0 Å². The molecule has 1 aromatic rings. The van der Waals surface area contributed by atoms with E-state index in [-0.39, 0.29) is 5.97 Å². The number of methoxy groups -OCH3 is 1. The Morgan fingerprint density at radius 3 is 2.29 bits per heavy atom. The lowest BCUT2D eigenvalue weighted by Gasteiger charge is -2.18. The molecule has 0 N–H and O–H groups in total. The number of carbonyl (C=O) groups is 1. The maximum absolute atomic E-state index is 11.8. The van der Waals surface area contributed by atoms with Gasteiger partial charge in [0, 0.05) is 19.7 Å². The zero-order valence-electron chi connectivity index (χ0n) is 10.4. The number of allylic oxidation sites excluding steroid dienone is 2. The number of likely N-dealkylation sites (N-methyl/N-ethyl adjacent to an activating group) is 1. The first-order valence-corrected chi connectivity index (χ1v) is 5.29. The van der Waals surface area contributed by atoms with E-state index < -0.39 is 0 Å². The summed E-state index contributed by atoms with van der Waals surface area (Å²) in [7, 11) is 4.98. The zero-order chi connectivity index (χ0) is 12.8. The van der Waals surface area contributed by atoms with Crippen molar-refractivity contribution in [1.29, 1.82) is 0 Å². The van der Waals surface area contributed by atoms with E-state index in [1.807, 2.05) is 30.3 Å². The van der Waals surface area contributed by atoms with Crippen molar-refractivity contribution in [1.82, 2.24) is 4.90 Å². The molecule has 0 aromatic heterocycles. The number of hydrogen-bond acceptors (Lipinski definition) is 3. The van der Waals surface area contributed by atoms with Crippen LogP contribution < -0.4 is 0 Å². The van der Waals surface area contributed by atoms with Crippen LogP contribution in [-0.4, -0.2) is 32.1 Å². The first-order valence-electron chi connectivity index (χ1n) is 5.29. The monoisotopic (exact) mass is 231 g/mol. The molecule has 0 radical (unpaired) electrons. The maximum atomic E-state index is 11.8. The molecule has 0 atom stereocenters. The second kappa shape index (κ2) is 5.89. The lowest BCUT2D eigenvalue weighted by Crippen LogP contribution is -2.22. The summed E-state index contributed by atoms with van der Waals surface area (Å²) in [5.74, 6) is -0.367. The molecule has 0 aliphatic carbocycles. The second-order valence-corrected chi connectivity index (χ2v) is 3.72. The Hall–Kier alpha value is -2.03. The van der Waals surface area contributed by atoms with Crippen LogP contribution in [0.3, 0.4) is 0 Å². The van der Waals surface area contributed by atoms with Gasteiger partial charge in [0.1, 0.15) is 5.70 Å². The van der Waals surface area contributed by atoms with Crippen molar-refractivity contribution in [2.45, 2.75) is 0 Å². The minimum atomic E-state index is -0.367. The summed E-state index contributed by atoms with van der Waals surface area (Å²) in [6.07, 6.45) is 1.67. The SMILES string of the molecule is C=C/C(=C(\C(=O)OC)N(C)C)c1ccccc1. The van der Waals surface area contributed by atoms with Gasteiger partial charge in [-0.2, -0.15) is 0 Å². The van der Waals surface area contributed by atoms with Crippen LogP contribution >= 0.6 is 0 Å². The Bertz CT molecular complexity index is 433. The Balaban J connectivity index is 3.37. The summed E-state index contributed by atoms with van der Waals surface area (Å²) in [5, 5.41) is 0. The molecule has 0 aliphatic rings. The van der Waals surface area contributed by atoms with E-state index in [9.17, 15) is 4.79 Å². The average Bonchev–Trinajstić information content (AvgIpc) is 2.35. The molecule has 90 valence electrons. The highest BCUT2D eigenvalue weighted by atomic mass is 16.5. The third-order valence-electron chi connectivity index (χ3n) is 2.37. The predicted octanol–water partition coefficient (Wildman–Crippen LogP) is 2.32. The van der Waals surface area contributed by atoms with Crippen LogP contribution in [0.25, 0.3) is 5.57 Å². The van der Waals surface area contributed by atoms with Crippen molar-refractivity contribution in [3.63, 3.8) is 0 Å². The molecular weight excluding hydrogens is 214 g/mol. The van der Waals surface area contributed by atoms with Gasteiger partial charge in [-0.05, 0) is 5.56 Å². The highest BCUT2D eigenvalue weighted by Crippen LogP contribution is 2.21. The van der Waals surface area contributed by atoms with Crippen LogP contribution in [0, 0.1) is 0 Å². The number of carbonyl (C=O) groups excluding carboxylic acids is 1. The molecule has 0 saturated carbocycles. The summed E-state index contributed by atoms with van der Waals surface area (Å²) in [6.45, 7) is 3.77. The molecule has 0 amide bonds. The second-order valence-electron chi connectivity index (χ2n) is 3.72. The quantitative estimate of drug-likeness (QED) is 0.452. The highest BCUT2D eigenvalue weighted by Gasteiger charge is 2.17. The Labute approximate surface area is 102 Å². The van der Waals surface area contributed by atoms with Gasteiger partial charge in [0.05, 0.1) is 7.11 Å². The first-order chi connectivity index (χ1) is 8.11. The van der Waals surface area contributed by atoms with Crippen LogP contribution in [0.15, 0.2) is 48.7 Å². The van der Waals surface area contributed by atoms with Crippen molar-refractivity contribution in [3.05, 3.63) is 54.2 Å². The summed E-state index contributed by atoms with van der Waals surface area (Å²) in [4.78, 5) is 13.5. The molecule has 0 fully saturated rings. The van der Waals surface area contributed by atoms with Crippen molar-refractivity contribution < 1.29 is 9.53 Å². The van der Waals surface area contributed by atoms with Gasteiger partial charge in [-0.3, -0.25) is 0 Å². The minimum absolute atomic E-state index is 0.367. The minimum Gasteiger partial charge on any atom is -0.464 e. The van der Waals surface area contributed by atoms with E-state index in [1.54, 1.807) is 25.1 Å². The van der Waals surface area contributed by atoms with E-state index in [0.717, 1.165) is 11.1 Å².